The molecule has 0 spiro atoms. The van der Waals surface area contributed by atoms with E-state index in [1.54, 1.807) is 11.3 Å². The summed E-state index contributed by atoms with van der Waals surface area (Å²) in [6.07, 6.45) is 6.45. The third-order valence-corrected chi connectivity index (χ3v) is 4.46. The van der Waals surface area contributed by atoms with Crippen LogP contribution in [0.3, 0.4) is 0 Å². The molecule has 5 nitrogen and oxygen atoms in total. The van der Waals surface area contributed by atoms with Crippen LogP contribution in [0.2, 0.25) is 0 Å². The number of hydrogen-bond acceptors (Lipinski definition) is 6. The monoisotopic (exact) mass is 305 g/mol. The maximum absolute atomic E-state index is 5.95. The summed E-state index contributed by atoms with van der Waals surface area (Å²) in [5.74, 6) is 0. The van der Waals surface area contributed by atoms with Gasteiger partial charge in [-0.2, -0.15) is 0 Å². The smallest absolute Gasteiger partial charge is 0.194 e. The number of nitrogens with zero attached hydrogens (tertiary/aromatic N) is 4. The Morgan fingerprint density at radius 3 is 2.85 bits per heavy atom. The number of fused-ring (bicyclic) bond motifs is 1. The van der Waals surface area contributed by atoms with E-state index in [1.807, 2.05) is 37.8 Å². The second-order valence-electron chi connectivity index (χ2n) is 4.75. The van der Waals surface area contributed by atoms with Gasteiger partial charge < -0.3 is 5.73 Å². The third kappa shape index (κ3) is 2.70. The molecule has 0 saturated heterocycles. The zero-order chi connectivity index (χ0) is 14.1. The SMILES string of the molecule is Cc1cnc(Sc2nc3sccn3c2CC(C)N)nc1. The molecule has 0 aliphatic carbocycles. The van der Waals surface area contributed by atoms with Gasteiger partial charge in [0.05, 0.1) is 5.69 Å². The van der Waals surface area contributed by atoms with Crippen molar-refractivity contribution in [1.29, 1.82) is 0 Å². The number of hydrogen-bond donors (Lipinski definition) is 1. The second-order valence-corrected chi connectivity index (χ2v) is 6.57. The van der Waals surface area contributed by atoms with Crippen LogP contribution in [0.25, 0.3) is 4.96 Å². The van der Waals surface area contributed by atoms with Crippen molar-refractivity contribution in [1.82, 2.24) is 19.4 Å². The summed E-state index contributed by atoms with van der Waals surface area (Å²) in [6.45, 7) is 3.98. The first kappa shape index (κ1) is 13.5. The fourth-order valence-corrected chi connectivity index (χ4v) is 3.51. The van der Waals surface area contributed by atoms with E-state index in [0.717, 1.165) is 27.7 Å². The van der Waals surface area contributed by atoms with E-state index in [0.29, 0.717) is 5.16 Å². The van der Waals surface area contributed by atoms with E-state index in [2.05, 4.69) is 19.4 Å². The van der Waals surface area contributed by atoms with Crippen LogP contribution in [-0.4, -0.2) is 25.4 Å². The minimum Gasteiger partial charge on any atom is -0.328 e. The highest BCUT2D eigenvalue weighted by Gasteiger charge is 2.16. The van der Waals surface area contributed by atoms with E-state index in [1.165, 1.54) is 11.8 Å². The van der Waals surface area contributed by atoms with Crippen molar-refractivity contribution < 1.29 is 0 Å². The van der Waals surface area contributed by atoms with Crippen LogP contribution < -0.4 is 5.73 Å². The summed E-state index contributed by atoms with van der Waals surface area (Å²) in [6, 6.07) is 0.0908. The average molecular weight is 305 g/mol. The minimum absolute atomic E-state index is 0.0908. The fourth-order valence-electron chi connectivity index (χ4n) is 1.91. The van der Waals surface area contributed by atoms with Crippen molar-refractivity contribution in [2.75, 3.05) is 0 Å². The Kier molecular flexibility index (Phi) is 3.73. The van der Waals surface area contributed by atoms with Crippen molar-refractivity contribution in [2.24, 2.45) is 5.73 Å². The molecule has 0 aliphatic heterocycles. The van der Waals surface area contributed by atoms with Crippen LogP contribution in [0.1, 0.15) is 18.2 Å². The molecule has 20 heavy (non-hydrogen) atoms. The van der Waals surface area contributed by atoms with Gasteiger partial charge >= 0.3 is 0 Å². The standard InChI is InChI=1S/C13H15N5S2/c1-8-6-15-12(16-7-8)20-11-10(5-9(2)14)18-3-4-19-13(18)17-11/h3-4,6-7,9H,5,14H2,1-2H3. The van der Waals surface area contributed by atoms with Gasteiger partial charge in [-0.3, -0.25) is 4.40 Å². The fraction of sp³-hybridized carbons (Fsp3) is 0.308. The molecule has 0 radical (unpaired) electrons. The zero-order valence-corrected chi connectivity index (χ0v) is 12.9. The lowest BCUT2D eigenvalue weighted by atomic mass is 10.2. The van der Waals surface area contributed by atoms with Gasteiger partial charge in [-0.05, 0) is 31.2 Å². The summed E-state index contributed by atoms with van der Waals surface area (Å²) in [4.78, 5) is 14.3. The van der Waals surface area contributed by atoms with E-state index in [-0.39, 0.29) is 6.04 Å². The molecule has 104 valence electrons. The number of imidazole rings is 1. The van der Waals surface area contributed by atoms with Gasteiger partial charge in [-0.15, -0.1) is 11.3 Å². The van der Waals surface area contributed by atoms with Crippen LogP contribution in [-0.2, 0) is 6.42 Å². The van der Waals surface area contributed by atoms with Crippen molar-refractivity contribution in [3.05, 3.63) is 35.2 Å². The van der Waals surface area contributed by atoms with Crippen LogP contribution >= 0.6 is 23.1 Å². The highest BCUT2D eigenvalue weighted by molar-refractivity contribution is 7.99. The summed E-state index contributed by atoms with van der Waals surface area (Å²) in [5, 5.41) is 3.69. The number of aryl methyl sites for hydroxylation is 1. The predicted molar refractivity (Wildman–Crippen MR) is 81.3 cm³/mol. The summed E-state index contributed by atoms with van der Waals surface area (Å²) in [7, 11) is 0. The number of thiazole rings is 1. The molecule has 7 heteroatoms. The van der Waals surface area contributed by atoms with Crippen LogP contribution in [0.4, 0.5) is 0 Å². The predicted octanol–water partition coefficient (Wildman–Crippen LogP) is 2.54. The maximum Gasteiger partial charge on any atom is 0.194 e. The molecule has 0 aromatic carbocycles. The highest BCUT2D eigenvalue weighted by atomic mass is 32.2. The van der Waals surface area contributed by atoms with Gasteiger partial charge in [-0.25, -0.2) is 15.0 Å². The molecule has 1 unspecified atom stereocenters. The highest BCUT2D eigenvalue weighted by Crippen LogP contribution is 2.30. The van der Waals surface area contributed by atoms with E-state index in [4.69, 9.17) is 5.73 Å². The molecule has 0 bridgehead atoms. The van der Waals surface area contributed by atoms with Gasteiger partial charge in [-0.1, -0.05) is 0 Å². The Balaban J connectivity index is 1.97. The molecule has 3 heterocycles. The number of nitrogens with two attached hydrogens (primary N) is 1. The van der Waals surface area contributed by atoms with Crippen molar-refractivity contribution >= 4 is 28.1 Å². The third-order valence-electron chi connectivity index (χ3n) is 2.78. The molecule has 0 saturated carbocycles. The largest absolute Gasteiger partial charge is 0.328 e. The lowest BCUT2D eigenvalue weighted by Gasteiger charge is -2.06. The molecule has 3 aromatic rings. The Hall–Kier alpha value is -1.44. The Bertz CT molecular complexity index is 714. The lowest BCUT2D eigenvalue weighted by Crippen LogP contribution is -2.19. The van der Waals surface area contributed by atoms with Gasteiger partial charge in [0.15, 0.2) is 10.1 Å². The quantitative estimate of drug-likeness (QED) is 0.750. The molecule has 0 amide bonds. The average Bonchev–Trinajstić information content (AvgIpc) is 2.96. The summed E-state index contributed by atoms with van der Waals surface area (Å²) >= 11 is 3.11. The van der Waals surface area contributed by atoms with E-state index < -0.39 is 0 Å². The molecule has 1 atom stereocenters. The molecular weight excluding hydrogens is 290 g/mol. The first-order chi connectivity index (χ1) is 9.63. The van der Waals surface area contributed by atoms with Crippen LogP contribution in [0.5, 0.6) is 0 Å². The van der Waals surface area contributed by atoms with E-state index in [9.17, 15) is 0 Å². The molecule has 0 aliphatic rings. The summed E-state index contributed by atoms with van der Waals surface area (Å²) in [5.41, 5.74) is 8.13. The molecule has 3 aromatic heterocycles. The second kappa shape index (κ2) is 5.51. The normalized spacial score (nSPS) is 12.9. The lowest BCUT2D eigenvalue weighted by molar-refractivity contribution is 0.706. The van der Waals surface area contributed by atoms with Crippen molar-refractivity contribution in [3.8, 4) is 0 Å². The minimum atomic E-state index is 0.0908. The Morgan fingerprint density at radius 1 is 1.40 bits per heavy atom. The molecule has 0 fully saturated rings. The van der Waals surface area contributed by atoms with Crippen molar-refractivity contribution in [2.45, 2.75) is 36.5 Å². The topological polar surface area (TPSA) is 69.1 Å². The Morgan fingerprint density at radius 2 is 2.15 bits per heavy atom. The number of rotatable bonds is 4. The van der Waals surface area contributed by atoms with Gasteiger partial charge in [0, 0.05) is 36.4 Å². The molecule has 2 N–H and O–H groups in total. The van der Waals surface area contributed by atoms with Gasteiger partial charge in [0.25, 0.3) is 0 Å². The number of aromatic nitrogens is 4. The van der Waals surface area contributed by atoms with Gasteiger partial charge in [0.2, 0.25) is 0 Å². The zero-order valence-electron chi connectivity index (χ0n) is 11.3. The van der Waals surface area contributed by atoms with Crippen LogP contribution in [0.15, 0.2) is 34.2 Å². The molecular formula is C13H15N5S2. The molecule has 3 rings (SSSR count). The van der Waals surface area contributed by atoms with Crippen LogP contribution in [0, 0.1) is 6.92 Å². The maximum atomic E-state index is 5.95. The van der Waals surface area contributed by atoms with Gasteiger partial charge in [0.1, 0.15) is 5.03 Å². The Labute approximate surface area is 125 Å². The van der Waals surface area contributed by atoms with Crippen molar-refractivity contribution in [3.63, 3.8) is 0 Å². The van der Waals surface area contributed by atoms with E-state index >= 15 is 0 Å². The summed E-state index contributed by atoms with van der Waals surface area (Å²) < 4.78 is 2.10. The first-order valence-corrected chi connectivity index (χ1v) is 7.99. The first-order valence-electron chi connectivity index (χ1n) is 6.30.